The number of carbonyl (C=O) groups excluding carboxylic acids is 1. The lowest BCUT2D eigenvalue weighted by atomic mass is 9.85. The first-order valence-electron chi connectivity index (χ1n) is 7.31. The van der Waals surface area contributed by atoms with E-state index in [4.69, 9.17) is 5.73 Å². The quantitative estimate of drug-likeness (QED) is 0.869. The smallest absolute Gasteiger partial charge is 0.220 e. The summed E-state index contributed by atoms with van der Waals surface area (Å²) in [6.45, 7) is 1.64. The molecule has 0 aromatic heterocycles. The molecule has 0 atom stereocenters. The Hall–Kier alpha value is -1.56. The second-order valence-corrected chi connectivity index (χ2v) is 7.80. The number of primary amides is 1. The zero-order valence-electron chi connectivity index (χ0n) is 12.2. The van der Waals surface area contributed by atoms with Crippen LogP contribution >= 0.6 is 0 Å². The van der Waals surface area contributed by atoms with Crippen LogP contribution in [0.25, 0.3) is 0 Å². The molecule has 3 N–H and O–H groups in total. The van der Waals surface area contributed by atoms with Crippen LogP contribution in [-0.4, -0.2) is 26.1 Å². The van der Waals surface area contributed by atoms with Crippen LogP contribution in [0.2, 0.25) is 0 Å². The molecular weight excluding hydrogens is 288 g/mol. The Morgan fingerprint density at radius 1 is 1.19 bits per heavy atom. The second kappa shape index (κ2) is 6.47. The number of nitrogens with two attached hydrogens (primary N) is 1. The van der Waals surface area contributed by atoms with E-state index >= 15 is 0 Å². The highest BCUT2D eigenvalue weighted by Gasteiger charge is 2.24. The molecule has 0 aliphatic heterocycles. The predicted octanol–water partition coefficient (Wildman–Crippen LogP) is 1.94. The highest BCUT2D eigenvalue weighted by molar-refractivity contribution is 7.91. The van der Waals surface area contributed by atoms with E-state index in [9.17, 15) is 13.2 Å². The van der Waals surface area contributed by atoms with E-state index in [1.54, 1.807) is 31.2 Å². The van der Waals surface area contributed by atoms with Crippen molar-refractivity contribution in [3.8, 4) is 0 Å². The molecule has 1 aliphatic carbocycles. The molecule has 0 heterocycles. The number of benzene rings is 1. The fourth-order valence-electron chi connectivity index (χ4n) is 2.68. The molecule has 0 saturated heterocycles. The Morgan fingerprint density at radius 3 is 2.24 bits per heavy atom. The zero-order valence-corrected chi connectivity index (χ0v) is 13.0. The van der Waals surface area contributed by atoms with Crippen molar-refractivity contribution in [2.75, 3.05) is 11.1 Å². The number of anilines is 1. The van der Waals surface area contributed by atoms with E-state index in [1.807, 2.05) is 0 Å². The van der Waals surface area contributed by atoms with Crippen LogP contribution < -0.4 is 11.1 Å². The van der Waals surface area contributed by atoms with Gasteiger partial charge in [-0.3, -0.25) is 4.79 Å². The third-order valence-corrected chi connectivity index (χ3v) is 5.84. The van der Waals surface area contributed by atoms with Crippen molar-refractivity contribution in [2.45, 2.75) is 43.5 Å². The minimum Gasteiger partial charge on any atom is -0.382 e. The van der Waals surface area contributed by atoms with Gasteiger partial charge in [0.2, 0.25) is 5.91 Å². The summed E-state index contributed by atoms with van der Waals surface area (Å²) in [4.78, 5) is 11.5. The molecule has 1 aromatic carbocycles. The van der Waals surface area contributed by atoms with Crippen molar-refractivity contribution in [3.05, 3.63) is 24.3 Å². The maximum absolute atomic E-state index is 11.7. The Kier molecular flexibility index (Phi) is 4.88. The van der Waals surface area contributed by atoms with Gasteiger partial charge in [-0.25, -0.2) is 8.42 Å². The lowest BCUT2D eigenvalue weighted by molar-refractivity contribution is -0.122. The fourth-order valence-corrected chi connectivity index (χ4v) is 3.57. The van der Waals surface area contributed by atoms with Crippen molar-refractivity contribution in [1.82, 2.24) is 0 Å². The Bertz CT molecular complexity index is 588. The molecule has 2 rings (SSSR count). The van der Waals surface area contributed by atoms with Gasteiger partial charge in [-0.2, -0.15) is 0 Å². The molecule has 21 heavy (non-hydrogen) atoms. The van der Waals surface area contributed by atoms with Crippen LogP contribution in [0, 0.1) is 5.92 Å². The molecule has 116 valence electrons. The number of hydrogen-bond acceptors (Lipinski definition) is 4. The molecule has 0 spiro atoms. The summed E-state index contributed by atoms with van der Waals surface area (Å²) in [7, 11) is -3.14. The molecule has 6 heteroatoms. The number of amides is 1. The van der Waals surface area contributed by atoms with E-state index < -0.39 is 9.84 Å². The van der Waals surface area contributed by atoms with Crippen LogP contribution in [0.4, 0.5) is 5.69 Å². The van der Waals surface area contributed by atoms with Crippen molar-refractivity contribution >= 4 is 21.4 Å². The molecule has 0 unspecified atom stereocenters. The van der Waals surface area contributed by atoms with Gasteiger partial charge in [0.15, 0.2) is 9.84 Å². The number of sulfone groups is 1. The Balaban J connectivity index is 1.94. The minimum absolute atomic E-state index is 0.000114. The molecule has 0 bridgehead atoms. The first-order chi connectivity index (χ1) is 9.92. The molecule has 1 saturated carbocycles. The van der Waals surface area contributed by atoms with Gasteiger partial charge in [-0.15, -0.1) is 0 Å². The second-order valence-electron chi connectivity index (χ2n) is 5.52. The first kappa shape index (κ1) is 15.8. The third-order valence-electron chi connectivity index (χ3n) is 4.09. The van der Waals surface area contributed by atoms with E-state index in [-0.39, 0.29) is 17.6 Å². The van der Waals surface area contributed by atoms with Crippen molar-refractivity contribution in [1.29, 1.82) is 0 Å². The van der Waals surface area contributed by atoms with Gasteiger partial charge in [0.05, 0.1) is 10.6 Å². The number of nitrogens with one attached hydrogen (secondary N) is 1. The third kappa shape index (κ3) is 3.97. The van der Waals surface area contributed by atoms with E-state index in [1.165, 1.54) is 0 Å². The highest BCUT2D eigenvalue weighted by atomic mass is 32.2. The number of hydrogen-bond donors (Lipinski definition) is 2. The average molecular weight is 310 g/mol. The van der Waals surface area contributed by atoms with Crippen molar-refractivity contribution < 1.29 is 13.2 Å². The fraction of sp³-hybridized carbons (Fsp3) is 0.533. The molecule has 0 radical (unpaired) electrons. The van der Waals surface area contributed by atoms with Crippen molar-refractivity contribution in [3.63, 3.8) is 0 Å². The van der Waals surface area contributed by atoms with Gasteiger partial charge < -0.3 is 11.1 Å². The molecular formula is C15H22N2O3S. The largest absolute Gasteiger partial charge is 0.382 e. The van der Waals surface area contributed by atoms with Gasteiger partial charge in [-0.1, -0.05) is 6.92 Å². The lowest BCUT2D eigenvalue weighted by Gasteiger charge is -2.28. The zero-order chi connectivity index (χ0) is 15.5. The summed E-state index contributed by atoms with van der Waals surface area (Å²) in [6.07, 6.45) is 3.44. The van der Waals surface area contributed by atoms with Crippen LogP contribution in [0.3, 0.4) is 0 Å². The minimum atomic E-state index is -3.14. The van der Waals surface area contributed by atoms with Crippen LogP contribution in [0.1, 0.15) is 32.6 Å². The predicted molar refractivity (Wildman–Crippen MR) is 82.7 cm³/mol. The summed E-state index contributed by atoms with van der Waals surface area (Å²) >= 11 is 0. The van der Waals surface area contributed by atoms with Crippen molar-refractivity contribution in [2.24, 2.45) is 11.7 Å². The molecule has 5 nitrogen and oxygen atoms in total. The van der Waals surface area contributed by atoms with E-state index in [0.29, 0.717) is 10.9 Å². The lowest BCUT2D eigenvalue weighted by Crippen LogP contribution is -2.32. The summed E-state index contributed by atoms with van der Waals surface area (Å²) in [6, 6.07) is 7.17. The molecule has 1 aromatic rings. The summed E-state index contributed by atoms with van der Waals surface area (Å²) in [5.74, 6) is -0.0978. The SMILES string of the molecule is CCS(=O)(=O)c1ccc(NC2CCC(C(N)=O)CC2)cc1. The van der Waals surface area contributed by atoms with Gasteiger partial charge in [0.1, 0.15) is 0 Å². The summed E-state index contributed by atoms with van der Waals surface area (Å²) in [5.41, 5.74) is 6.23. The molecule has 1 amide bonds. The highest BCUT2D eigenvalue weighted by Crippen LogP contribution is 2.26. The molecule has 1 fully saturated rings. The van der Waals surface area contributed by atoms with Gasteiger partial charge >= 0.3 is 0 Å². The van der Waals surface area contributed by atoms with Gasteiger partial charge in [0, 0.05) is 17.6 Å². The van der Waals surface area contributed by atoms with Gasteiger partial charge in [-0.05, 0) is 49.9 Å². The average Bonchev–Trinajstić information content (AvgIpc) is 2.48. The Labute approximate surface area is 125 Å². The number of carbonyl (C=O) groups is 1. The topological polar surface area (TPSA) is 89.3 Å². The van der Waals surface area contributed by atoms with Gasteiger partial charge in [0.25, 0.3) is 0 Å². The van der Waals surface area contributed by atoms with Crippen LogP contribution in [0.5, 0.6) is 0 Å². The monoisotopic (exact) mass is 310 g/mol. The van der Waals surface area contributed by atoms with Crippen LogP contribution in [0.15, 0.2) is 29.2 Å². The maximum Gasteiger partial charge on any atom is 0.220 e. The van der Waals surface area contributed by atoms with E-state index in [2.05, 4.69) is 5.32 Å². The molecule has 1 aliphatic rings. The number of rotatable bonds is 5. The van der Waals surface area contributed by atoms with E-state index in [0.717, 1.165) is 31.4 Å². The first-order valence-corrected chi connectivity index (χ1v) is 8.96. The van der Waals surface area contributed by atoms with Crippen LogP contribution in [-0.2, 0) is 14.6 Å². The standard InChI is InChI=1S/C15H22N2O3S/c1-2-21(19,20)14-9-7-13(8-10-14)17-12-5-3-11(4-6-12)15(16)18/h7-12,17H,2-6H2,1H3,(H2,16,18). The maximum atomic E-state index is 11.7. The normalized spacial score (nSPS) is 22.7. The summed E-state index contributed by atoms with van der Waals surface area (Å²) in [5, 5.41) is 3.39. The Morgan fingerprint density at radius 2 is 1.76 bits per heavy atom. The summed E-state index contributed by atoms with van der Waals surface area (Å²) < 4.78 is 23.5.